The third-order valence-corrected chi connectivity index (χ3v) is 12.2. The first-order chi connectivity index (χ1) is 28.9. The first-order valence-corrected chi connectivity index (χ1v) is 20.5. The summed E-state index contributed by atoms with van der Waals surface area (Å²) in [7, 11) is 0. The van der Waals surface area contributed by atoms with Crippen molar-refractivity contribution in [2.45, 2.75) is 25.7 Å². The Labute approximate surface area is 346 Å². The summed E-state index contributed by atoms with van der Waals surface area (Å²) >= 11 is 0. The molecule has 0 saturated carbocycles. The van der Waals surface area contributed by atoms with Crippen molar-refractivity contribution in [2.75, 3.05) is 0 Å². The quantitative estimate of drug-likeness (QED) is 0.122. The van der Waals surface area contributed by atoms with Gasteiger partial charge in [0.1, 0.15) is 5.84 Å². The molecule has 1 aliphatic carbocycles. The lowest BCUT2D eigenvalue weighted by atomic mass is 9.80. The molecule has 0 radical (unpaired) electrons. The van der Waals surface area contributed by atoms with E-state index in [1.165, 1.54) is 71.8 Å². The van der Waals surface area contributed by atoms with Crippen LogP contribution in [0.25, 0.3) is 71.7 Å². The average molecular weight is 757 g/mol. The Bertz CT molecular complexity index is 3060. The van der Waals surface area contributed by atoms with E-state index in [0.717, 1.165) is 27.8 Å². The van der Waals surface area contributed by atoms with Crippen molar-refractivity contribution in [3.63, 3.8) is 0 Å². The van der Waals surface area contributed by atoms with Crippen LogP contribution in [0.4, 0.5) is 0 Å². The summed E-state index contributed by atoms with van der Waals surface area (Å²) in [5.74, 6) is 0.482. The Kier molecular flexibility index (Phi) is 9.11. The highest BCUT2D eigenvalue weighted by Gasteiger charge is 2.38. The second-order valence-corrected chi connectivity index (χ2v) is 16.1. The zero-order valence-corrected chi connectivity index (χ0v) is 33.4. The van der Waals surface area contributed by atoms with Crippen LogP contribution in [-0.4, -0.2) is 5.84 Å². The molecule has 9 aromatic carbocycles. The maximum atomic E-state index is 6.92. The molecule has 0 aliphatic heterocycles. The van der Waals surface area contributed by atoms with Crippen molar-refractivity contribution >= 4 is 33.1 Å². The molecule has 59 heavy (non-hydrogen) atoms. The first kappa shape index (κ1) is 36.1. The predicted molar refractivity (Wildman–Crippen MR) is 251 cm³/mol. The zero-order valence-electron chi connectivity index (χ0n) is 33.4. The summed E-state index contributed by atoms with van der Waals surface area (Å²) < 4.78 is 0. The fourth-order valence-corrected chi connectivity index (χ4v) is 9.19. The van der Waals surface area contributed by atoms with E-state index in [9.17, 15) is 0 Å². The van der Waals surface area contributed by atoms with E-state index in [2.05, 4.69) is 214 Å². The van der Waals surface area contributed by atoms with Gasteiger partial charge in [-0.25, -0.2) is 4.99 Å². The lowest BCUT2D eigenvalue weighted by molar-refractivity contribution is 0.666. The summed E-state index contributed by atoms with van der Waals surface area (Å²) in [5, 5.41) is 4.93. The molecule has 2 N–H and O–H groups in total. The predicted octanol–water partition coefficient (Wildman–Crippen LogP) is 14.3. The molecule has 0 saturated heterocycles. The SMILES string of the molecule is CC1(C)c2cccc(-c3ccc(/C(=C/Cc4ccc(-c5ccccc5)cc4)N=C(N)c4ccc(-c5ccccc5)cc4)c4ccccc34)c2-c2ccc3ccccc3c21. The van der Waals surface area contributed by atoms with Crippen LogP contribution in [-0.2, 0) is 11.8 Å². The molecule has 0 atom stereocenters. The standard InChI is InChI=1S/C57H44N2/c1-57(2)52-23-13-22-50(54(52)51-34-33-43-18-9-10-19-45(43)55(51)57)48-35-36-49(47-21-12-11-20-46(47)48)53(37-26-38-24-27-41(28-25-38)39-14-5-3-6-15-39)59-56(58)44-31-29-42(30-32-44)40-16-7-4-8-17-40/h3-25,27-37H,26H2,1-2H3,(H2,58,59)/b53-37-. The summed E-state index contributed by atoms with van der Waals surface area (Å²) in [6.07, 6.45) is 2.94. The van der Waals surface area contributed by atoms with Gasteiger partial charge in [0.15, 0.2) is 0 Å². The number of fused-ring (bicyclic) bond motifs is 6. The van der Waals surface area contributed by atoms with Gasteiger partial charge in [-0.1, -0.05) is 220 Å². The van der Waals surface area contributed by atoms with Crippen LogP contribution in [0.3, 0.4) is 0 Å². The van der Waals surface area contributed by atoms with E-state index in [0.29, 0.717) is 12.3 Å². The van der Waals surface area contributed by atoms with Crippen LogP contribution < -0.4 is 5.73 Å². The Morgan fingerprint density at radius 1 is 0.492 bits per heavy atom. The van der Waals surface area contributed by atoms with Crippen LogP contribution in [0.2, 0.25) is 0 Å². The Morgan fingerprint density at radius 3 is 1.76 bits per heavy atom. The van der Waals surface area contributed by atoms with Gasteiger partial charge in [-0.2, -0.15) is 0 Å². The van der Waals surface area contributed by atoms with Gasteiger partial charge in [-0.3, -0.25) is 0 Å². The van der Waals surface area contributed by atoms with E-state index in [1.54, 1.807) is 0 Å². The monoisotopic (exact) mass is 756 g/mol. The summed E-state index contributed by atoms with van der Waals surface area (Å²) in [4.78, 5) is 5.24. The summed E-state index contributed by atoms with van der Waals surface area (Å²) in [6.45, 7) is 4.75. The number of benzene rings is 9. The van der Waals surface area contributed by atoms with Gasteiger partial charge in [0.2, 0.25) is 0 Å². The second kappa shape index (κ2) is 14.9. The summed E-state index contributed by atoms with van der Waals surface area (Å²) in [6, 6.07) is 71.7. The molecular formula is C57H44N2. The van der Waals surface area contributed by atoms with Crippen molar-refractivity contribution in [1.29, 1.82) is 0 Å². The minimum absolute atomic E-state index is 0.141. The molecule has 10 rings (SSSR count). The third-order valence-electron chi connectivity index (χ3n) is 12.2. The topological polar surface area (TPSA) is 38.4 Å². The lowest BCUT2D eigenvalue weighted by Gasteiger charge is -2.23. The van der Waals surface area contributed by atoms with Crippen molar-refractivity contribution in [3.8, 4) is 44.5 Å². The third kappa shape index (κ3) is 6.53. The number of amidine groups is 1. The second-order valence-electron chi connectivity index (χ2n) is 16.1. The largest absolute Gasteiger partial charge is 0.383 e. The molecule has 2 nitrogen and oxygen atoms in total. The van der Waals surface area contributed by atoms with E-state index < -0.39 is 0 Å². The molecule has 0 fully saturated rings. The maximum Gasteiger partial charge on any atom is 0.131 e. The van der Waals surface area contributed by atoms with Crippen LogP contribution in [0.5, 0.6) is 0 Å². The van der Waals surface area contributed by atoms with E-state index >= 15 is 0 Å². The number of nitrogens with two attached hydrogens (primary N) is 1. The maximum absolute atomic E-state index is 6.92. The molecule has 0 spiro atoms. The van der Waals surface area contributed by atoms with Crippen LogP contribution in [0, 0.1) is 0 Å². The van der Waals surface area contributed by atoms with Crippen LogP contribution in [0.1, 0.15) is 41.7 Å². The first-order valence-electron chi connectivity index (χ1n) is 20.5. The number of allylic oxidation sites excluding steroid dienone is 1. The molecule has 2 heteroatoms. The highest BCUT2D eigenvalue weighted by molar-refractivity contribution is 6.09. The van der Waals surface area contributed by atoms with Crippen molar-refractivity contribution < 1.29 is 0 Å². The molecule has 282 valence electrons. The van der Waals surface area contributed by atoms with Gasteiger partial charge < -0.3 is 5.73 Å². The fraction of sp³-hybridized carbons (Fsp3) is 0.0702. The molecule has 0 unspecified atom stereocenters. The molecule has 9 aromatic rings. The minimum atomic E-state index is -0.141. The van der Waals surface area contributed by atoms with Crippen LogP contribution >= 0.6 is 0 Å². The Hall–Kier alpha value is -7.29. The Morgan fingerprint density at radius 2 is 1.07 bits per heavy atom. The highest BCUT2D eigenvalue weighted by Crippen LogP contribution is 2.55. The van der Waals surface area contributed by atoms with Gasteiger partial charge in [0, 0.05) is 16.5 Å². The van der Waals surface area contributed by atoms with Gasteiger partial charge in [-0.15, -0.1) is 0 Å². The molecule has 0 heterocycles. The smallest absolute Gasteiger partial charge is 0.131 e. The lowest BCUT2D eigenvalue weighted by Crippen LogP contribution is -2.15. The molecular weight excluding hydrogens is 713 g/mol. The molecule has 0 amide bonds. The van der Waals surface area contributed by atoms with E-state index in [1.807, 2.05) is 6.07 Å². The number of nitrogens with zero attached hydrogens (tertiary/aromatic N) is 1. The number of hydrogen-bond donors (Lipinski definition) is 1. The van der Waals surface area contributed by atoms with Crippen LogP contribution in [0.15, 0.2) is 211 Å². The number of aliphatic imine (C=N–C) groups is 1. The van der Waals surface area contributed by atoms with E-state index in [-0.39, 0.29) is 5.41 Å². The Balaban J connectivity index is 1.09. The van der Waals surface area contributed by atoms with Gasteiger partial charge in [0.05, 0.1) is 5.70 Å². The van der Waals surface area contributed by atoms with Gasteiger partial charge in [0.25, 0.3) is 0 Å². The van der Waals surface area contributed by atoms with Gasteiger partial charge in [-0.05, 0) is 89.2 Å². The highest BCUT2D eigenvalue weighted by atomic mass is 14.9. The van der Waals surface area contributed by atoms with Crippen molar-refractivity contribution in [1.82, 2.24) is 0 Å². The minimum Gasteiger partial charge on any atom is -0.383 e. The van der Waals surface area contributed by atoms with E-state index in [4.69, 9.17) is 10.7 Å². The molecule has 0 aromatic heterocycles. The number of rotatable bonds is 8. The zero-order chi connectivity index (χ0) is 39.9. The summed E-state index contributed by atoms with van der Waals surface area (Å²) in [5.41, 5.74) is 23.4. The molecule has 1 aliphatic rings. The average Bonchev–Trinajstić information content (AvgIpc) is 3.54. The molecule has 0 bridgehead atoms. The fourth-order valence-electron chi connectivity index (χ4n) is 9.19. The number of hydrogen-bond acceptors (Lipinski definition) is 1. The van der Waals surface area contributed by atoms with Crippen molar-refractivity contribution in [2.24, 2.45) is 10.7 Å². The van der Waals surface area contributed by atoms with Gasteiger partial charge >= 0.3 is 0 Å². The van der Waals surface area contributed by atoms with Crippen molar-refractivity contribution in [3.05, 3.63) is 234 Å². The normalized spacial score (nSPS) is 13.4.